The fourth-order valence-electron chi connectivity index (χ4n) is 4.22. The lowest BCUT2D eigenvalue weighted by Crippen LogP contribution is -2.76. The number of β-lactam (4-membered cyclic amide) rings is 1. The number of nitrogens with one attached hydrogen (secondary N) is 3. The number of aromatic nitrogens is 1. The molecule has 2 aliphatic heterocycles. The van der Waals surface area contributed by atoms with Crippen LogP contribution < -0.4 is 26.8 Å². The summed E-state index contributed by atoms with van der Waals surface area (Å²) in [7, 11) is -4.95. The number of benzene rings is 1. The van der Waals surface area contributed by atoms with Gasteiger partial charge in [0.1, 0.15) is 29.4 Å². The molecular weight excluding hydrogens is 580 g/mol. The monoisotopic (exact) mass is 610 g/mol. The first-order valence-corrected chi connectivity index (χ1v) is 14.6. The van der Waals surface area contributed by atoms with E-state index in [1.54, 1.807) is 12.1 Å². The van der Waals surface area contributed by atoms with Gasteiger partial charge in [0.15, 0.2) is 17.5 Å². The Morgan fingerprint density at radius 3 is 2.80 bits per heavy atom. The molecule has 2 atom stereocenters. The fourth-order valence-corrected chi connectivity index (χ4v) is 5.22. The van der Waals surface area contributed by atoms with Gasteiger partial charge in [0.2, 0.25) is 0 Å². The van der Waals surface area contributed by atoms with Crippen molar-refractivity contribution in [2.24, 2.45) is 10.9 Å². The van der Waals surface area contributed by atoms with Gasteiger partial charge in [-0.2, -0.15) is 13.5 Å². The summed E-state index contributed by atoms with van der Waals surface area (Å²) < 4.78 is 41.3. The van der Waals surface area contributed by atoms with Crippen molar-refractivity contribution in [2.45, 2.75) is 44.4 Å². The van der Waals surface area contributed by atoms with Gasteiger partial charge in [-0.1, -0.05) is 5.16 Å². The number of carbonyl (C=O) groups is 2. The van der Waals surface area contributed by atoms with Gasteiger partial charge < -0.3 is 31.7 Å². The van der Waals surface area contributed by atoms with E-state index in [2.05, 4.69) is 25.1 Å². The quantitative estimate of drug-likeness (QED) is 0.0623. The minimum absolute atomic E-state index is 0.00467. The first-order valence-electron chi connectivity index (χ1n) is 12.4. The van der Waals surface area contributed by atoms with E-state index in [1.165, 1.54) is 19.2 Å². The van der Waals surface area contributed by atoms with E-state index in [9.17, 15) is 18.0 Å². The summed E-state index contributed by atoms with van der Waals surface area (Å²) >= 11 is 1.07. The third kappa shape index (κ3) is 6.91. The molecule has 1 saturated heterocycles. The Balaban J connectivity index is 1.41. The average Bonchev–Trinajstić information content (AvgIpc) is 3.35. The second-order valence-corrected chi connectivity index (χ2v) is 11.6. The zero-order chi connectivity index (χ0) is 29.9. The lowest BCUT2D eigenvalue weighted by Gasteiger charge is -2.50. The number of oxime groups is 1. The van der Waals surface area contributed by atoms with Gasteiger partial charge in [0.25, 0.3) is 11.8 Å². The van der Waals surface area contributed by atoms with Crippen LogP contribution in [0.1, 0.15) is 37.1 Å². The van der Waals surface area contributed by atoms with Crippen LogP contribution in [0, 0.1) is 5.41 Å². The van der Waals surface area contributed by atoms with Crippen molar-refractivity contribution in [3.8, 4) is 5.75 Å². The topological polar surface area (TPSA) is 245 Å². The van der Waals surface area contributed by atoms with Crippen molar-refractivity contribution in [3.05, 3.63) is 40.4 Å². The maximum atomic E-state index is 13.1. The van der Waals surface area contributed by atoms with Crippen LogP contribution in [-0.4, -0.2) is 83.8 Å². The maximum Gasteiger partial charge on any atom is 0.418 e. The van der Waals surface area contributed by atoms with E-state index in [0.717, 1.165) is 22.5 Å². The molecule has 8 N–H and O–H groups in total. The molecule has 4 rings (SSSR count). The van der Waals surface area contributed by atoms with Crippen molar-refractivity contribution >= 4 is 50.2 Å². The number of thiazole rings is 1. The summed E-state index contributed by atoms with van der Waals surface area (Å²) in [6.45, 7) is 3.77. The predicted octanol–water partition coefficient (Wildman–Crippen LogP) is -0.447. The molecular formula is C23H30N8O8S2. The molecule has 222 valence electrons. The minimum atomic E-state index is -4.95. The highest BCUT2D eigenvalue weighted by molar-refractivity contribution is 7.80. The van der Waals surface area contributed by atoms with Gasteiger partial charge in [-0.15, -0.1) is 15.6 Å². The Hall–Kier alpha value is -3.84. The zero-order valence-electron chi connectivity index (χ0n) is 22.1. The molecule has 18 heteroatoms. The fraction of sp³-hybridized carbons (Fsp3) is 0.435. The van der Waals surface area contributed by atoms with E-state index in [4.69, 9.17) is 31.0 Å². The van der Waals surface area contributed by atoms with Crippen molar-refractivity contribution in [2.75, 3.05) is 25.4 Å². The molecule has 41 heavy (non-hydrogen) atoms. The Bertz CT molecular complexity index is 1480. The molecule has 2 aliphatic rings. The van der Waals surface area contributed by atoms with Gasteiger partial charge in [-0.05, 0) is 50.5 Å². The molecule has 16 nitrogen and oxygen atoms in total. The third-order valence-electron chi connectivity index (χ3n) is 6.34. The van der Waals surface area contributed by atoms with Crippen LogP contribution >= 0.6 is 11.3 Å². The number of amides is 2. The number of nitrogens with two attached hydrogens (primary N) is 2. The molecule has 1 aromatic heterocycles. The number of anilines is 1. The molecule has 1 aromatic carbocycles. The van der Waals surface area contributed by atoms with Crippen LogP contribution in [-0.2, 0) is 35.5 Å². The van der Waals surface area contributed by atoms with E-state index >= 15 is 0 Å². The molecule has 1 fully saturated rings. The first-order chi connectivity index (χ1) is 19.3. The minimum Gasteiger partial charge on any atom is -0.486 e. The van der Waals surface area contributed by atoms with Crippen molar-refractivity contribution in [3.63, 3.8) is 0 Å². The molecule has 0 aliphatic carbocycles. The second-order valence-electron chi connectivity index (χ2n) is 9.69. The van der Waals surface area contributed by atoms with Crippen LogP contribution in [0.5, 0.6) is 5.75 Å². The summed E-state index contributed by atoms with van der Waals surface area (Å²) in [6, 6.07) is 4.24. The summed E-state index contributed by atoms with van der Waals surface area (Å²) in [5, 5.41) is 19.6. The van der Waals surface area contributed by atoms with Gasteiger partial charge in [0.05, 0.1) is 5.54 Å². The summed E-state index contributed by atoms with van der Waals surface area (Å²) in [5.41, 5.74) is 11.4. The number of hydroxylamine groups is 2. The van der Waals surface area contributed by atoms with Crippen LogP contribution in [0.25, 0.3) is 0 Å². The zero-order valence-corrected chi connectivity index (χ0v) is 23.8. The summed E-state index contributed by atoms with van der Waals surface area (Å²) in [6.07, 6.45) is 0.881. The Labute approximate surface area is 239 Å². The Morgan fingerprint density at radius 2 is 2.17 bits per heavy atom. The van der Waals surface area contributed by atoms with Crippen molar-refractivity contribution in [1.82, 2.24) is 20.7 Å². The molecule has 0 bridgehead atoms. The number of rotatable bonds is 11. The normalized spacial score (nSPS) is 20.0. The Kier molecular flexibility index (Phi) is 8.78. The second kappa shape index (κ2) is 12.0. The van der Waals surface area contributed by atoms with Gasteiger partial charge in [-0.25, -0.2) is 4.98 Å². The molecule has 0 radical (unpaired) electrons. The number of amidine groups is 1. The highest BCUT2D eigenvalue weighted by atomic mass is 32.3. The number of aryl methyl sites for hydroxylation is 1. The van der Waals surface area contributed by atoms with E-state index < -0.39 is 33.8 Å². The molecule has 2 aromatic rings. The third-order valence-corrected chi connectivity index (χ3v) is 7.35. The number of hydrogen-bond acceptors (Lipinski definition) is 13. The smallest absolute Gasteiger partial charge is 0.418 e. The molecule has 2 amide bonds. The van der Waals surface area contributed by atoms with Gasteiger partial charge in [0, 0.05) is 24.0 Å². The summed E-state index contributed by atoms with van der Waals surface area (Å²) in [5.74, 6) is -0.808. The highest BCUT2D eigenvalue weighted by Gasteiger charge is 2.58. The number of nitrogens with zero attached hydrogens (tertiary/aromatic N) is 3. The molecule has 1 unspecified atom stereocenters. The highest BCUT2D eigenvalue weighted by Crippen LogP contribution is 2.33. The number of carbonyl (C=O) groups excluding carboxylic acids is 2. The van der Waals surface area contributed by atoms with E-state index in [0.29, 0.717) is 36.7 Å². The van der Waals surface area contributed by atoms with Crippen LogP contribution in [0.15, 0.2) is 28.7 Å². The molecule has 3 heterocycles. The standard InChI is InChI=1S/C23H30N8O8S2/c1-23(2)18(21(33)31(23)39-41(34,35)36)29-20(32)17(15-11-40-22(26)28-15)30-37-10-14-5-3-12-9-13(4-6-16(12)38-14)19(25)27-8-7-24/h4,6,9,11,14,18H,3,5,7-8,10,24H2,1-2H3,(H2,25,27)(H2,26,28)(H,29,32)(H,34,35,36)/b30-17-/t14?,18-/m1/s1. The predicted molar refractivity (Wildman–Crippen MR) is 148 cm³/mol. The molecule has 0 spiro atoms. The summed E-state index contributed by atoms with van der Waals surface area (Å²) in [4.78, 5) is 35.1. The van der Waals surface area contributed by atoms with Crippen molar-refractivity contribution < 1.29 is 36.4 Å². The number of hydrogen-bond donors (Lipinski definition) is 6. The largest absolute Gasteiger partial charge is 0.486 e. The lowest BCUT2D eigenvalue weighted by atomic mass is 9.84. The van der Waals surface area contributed by atoms with Crippen LogP contribution in [0.2, 0.25) is 0 Å². The van der Waals surface area contributed by atoms with Crippen molar-refractivity contribution in [1.29, 1.82) is 5.41 Å². The SMILES string of the molecule is CC1(C)[C@H](NC(=O)/C(=N\OCC2CCc3cc(C(=N)NCCN)ccc3O2)c2csc(N)n2)C(=O)N1OS(=O)(=O)O. The van der Waals surface area contributed by atoms with Gasteiger partial charge in [-0.3, -0.25) is 19.6 Å². The van der Waals surface area contributed by atoms with E-state index in [1.807, 2.05) is 6.07 Å². The van der Waals surface area contributed by atoms with E-state index in [-0.39, 0.29) is 35.1 Å². The van der Waals surface area contributed by atoms with Gasteiger partial charge >= 0.3 is 10.4 Å². The maximum absolute atomic E-state index is 13.1. The number of ether oxygens (including phenoxy) is 1. The first kappa shape index (κ1) is 30.1. The van der Waals surface area contributed by atoms with Crippen LogP contribution in [0.4, 0.5) is 5.13 Å². The Morgan fingerprint density at radius 1 is 1.41 bits per heavy atom. The average molecular weight is 611 g/mol. The number of fused-ring (bicyclic) bond motifs is 1. The van der Waals surface area contributed by atoms with Crippen LogP contribution in [0.3, 0.4) is 0 Å². The number of nitrogen functional groups attached to an aromatic ring is 1. The molecule has 0 saturated carbocycles. The lowest BCUT2D eigenvalue weighted by molar-refractivity contribution is -0.218.